The summed E-state index contributed by atoms with van der Waals surface area (Å²) in [7, 11) is 0. The average Bonchev–Trinajstić information content (AvgIpc) is 2.58. The Labute approximate surface area is 99.1 Å². The molecule has 0 radical (unpaired) electrons. The number of nitrogens with zero attached hydrogens (tertiary/aromatic N) is 1. The van der Waals surface area contributed by atoms with Crippen LogP contribution in [0.1, 0.15) is 11.7 Å². The number of pyridine rings is 1. The van der Waals surface area contributed by atoms with E-state index < -0.39 is 12.0 Å². The highest BCUT2D eigenvalue weighted by atomic mass is 79.9. The van der Waals surface area contributed by atoms with Crippen LogP contribution in [0.3, 0.4) is 0 Å². The summed E-state index contributed by atoms with van der Waals surface area (Å²) in [6.45, 7) is 1.83. The number of fused-ring (bicyclic) bond motifs is 1. The number of rotatable bonds is 1. The summed E-state index contributed by atoms with van der Waals surface area (Å²) in [6.07, 6.45) is 0. The van der Waals surface area contributed by atoms with Crippen molar-refractivity contribution in [2.24, 2.45) is 0 Å². The van der Waals surface area contributed by atoms with Crippen LogP contribution in [0, 0.1) is 6.92 Å². The van der Waals surface area contributed by atoms with Crippen molar-refractivity contribution in [2.75, 3.05) is 5.75 Å². The summed E-state index contributed by atoms with van der Waals surface area (Å²) >= 11 is 4.59. The first kappa shape index (κ1) is 10.8. The van der Waals surface area contributed by atoms with Crippen LogP contribution in [0.5, 0.6) is 5.75 Å². The molecule has 1 aromatic rings. The molecule has 2 N–H and O–H groups in total. The van der Waals surface area contributed by atoms with Crippen molar-refractivity contribution >= 4 is 33.7 Å². The van der Waals surface area contributed by atoms with Gasteiger partial charge in [-0.1, -0.05) is 0 Å². The lowest BCUT2D eigenvalue weighted by Gasteiger charge is -2.04. The lowest BCUT2D eigenvalue weighted by Crippen LogP contribution is -2.45. The number of hydrogen-bond acceptors (Lipinski definition) is 3. The molecule has 0 fully saturated rings. The normalized spacial score (nSPS) is 18.9. The van der Waals surface area contributed by atoms with Gasteiger partial charge in [0, 0.05) is 13.0 Å². The summed E-state index contributed by atoms with van der Waals surface area (Å²) in [5.74, 6) is -0.286. The van der Waals surface area contributed by atoms with Crippen molar-refractivity contribution in [2.45, 2.75) is 18.0 Å². The summed E-state index contributed by atoms with van der Waals surface area (Å²) < 4.78 is 2.26. The van der Waals surface area contributed by atoms with E-state index in [2.05, 4.69) is 15.9 Å². The van der Waals surface area contributed by atoms with Crippen LogP contribution in [-0.2, 0) is 4.79 Å². The number of aliphatic carboxylic acids is 1. The predicted molar refractivity (Wildman–Crippen MR) is 58.1 cm³/mol. The minimum absolute atomic E-state index is 0.120. The van der Waals surface area contributed by atoms with Gasteiger partial charge in [0.05, 0.1) is 10.2 Å². The Morgan fingerprint density at radius 1 is 1.73 bits per heavy atom. The van der Waals surface area contributed by atoms with Gasteiger partial charge in [-0.2, -0.15) is 4.57 Å². The Morgan fingerprint density at radius 3 is 3.00 bits per heavy atom. The van der Waals surface area contributed by atoms with Crippen LogP contribution >= 0.6 is 27.7 Å². The number of carboxylic acid groups (broad SMARTS) is 1. The molecule has 1 aliphatic rings. The van der Waals surface area contributed by atoms with Gasteiger partial charge < -0.3 is 10.2 Å². The number of carboxylic acids is 1. The van der Waals surface area contributed by atoms with Crippen molar-refractivity contribution < 1.29 is 19.6 Å². The van der Waals surface area contributed by atoms with Gasteiger partial charge in [0.2, 0.25) is 5.75 Å². The Morgan fingerprint density at radius 2 is 2.40 bits per heavy atom. The predicted octanol–water partition coefficient (Wildman–Crippen LogP) is 1.48. The van der Waals surface area contributed by atoms with Crippen molar-refractivity contribution in [1.82, 2.24) is 0 Å². The first-order valence-corrected chi connectivity index (χ1v) is 6.09. The molecule has 0 spiro atoms. The van der Waals surface area contributed by atoms with Gasteiger partial charge in [-0.05, 0) is 27.7 Å². The number of hydrogen-bond donors (Lipinski definition) is 2. The zero-order valence-electron chi connectivity index (χ0n) is 7.90. The Kier molecular flexibility index (Phi) is 2.64. The molecule has 1 unspecified atom stereocenters. The van der Waals surface area contributed by atoms with E-state index in [4.69, 9.17) is 5.11 Å². The van der Waals surface area contributed by atoms with Crippen molar-refractivity contribution in [3.8, 4) is 5.75 Å². The van der Waals surface area contributed by atoms with E-state index in [1.165, 1.54) is 11.8 Å². The van der Waals surface area contributed by atoms with E-state index >= 15 is 0 Å². The lowest BCUT2D eigenvalue weighted by molar-refractivity contribution is -0.742. The first-order valence-electron chi connectivity index (χ1n) is 4.31. The lowest BCUT2D eigenvalue weighted by atomic mass is 10.2. The molecular formula is C9H9BrNO3S+. The molecule has 4 nitrogen and oxygen atoms in total. The Balaban J connectivity index is 2.63. The number of aromatic hydroxyl groups is 1. The van der Waals surface area contributed by atoms with Gasteiger partial charge in [-0.25, -0.2) is 4.79 Å². The number of thioether (sulfide) groups is 1. The molecule has 6 heteroatoms. The molecule has 1 aliphatic heterocycles. The van der Waals surface area contributed by atoms with Crippen LogP contribution in [0.15, 0.2) is 15.6 Å². The second-order valence-electron chi connectivity index (χ2n) is 3.32. The zero-order chi connectivity index (χ0) is 11.2. The van der Waals surface area contributed by atoms with Crippen LogP contribution in [0.4, 0.5) is 0 Å². The third-order valence-corrected chi connectivity index (χ3v) is 4.09. The summed E-state index contributed by atoms with van der Waals surface area (Å²) in [4.78, 5) is 11.0. The molecule has 2 rings (SSSR count). The van der Waals surface area contributed by atoms with Gasteiger partial charge in [-0.15, -0.1) is 0 Å². The molecule has 1 aromatic heterocycles. The minimum atomic E-state index is -0.865. The fourth-order valence-electron chi connectivity index (χ4n) is 1.64. The van der Waals surface area contributed by atoms with Crippen LogP contribution in [-0.4, -0.2) is 21.9 Å². The smallest absolute Gasteiger partial charge is 0.374 e. The minimum Gasteiger partial charge on any atom is -0.501 e. The van der Waals surface area contributed by atoms with Crippen molar-refractivity contribution in [1.29, 1.82) is 0 Å². The zero-order valence-corrected chi connectivity index (χ0v) is 10.3. The third-order valence-electron chi connectivity index (χ3n) is 2.34. The average molecular weight is 291 g/mol. The quantitative estimate of drug-likeness (QED) is 0.769. The fraction of sp³-hybridized carbons (Fsp3) is 0.333. The van der Waals surface area contributed by atoms with Crippen LogP contribution in [0.2, 0.25) is 0 Å². The van der Waals surface area contributed by atoms with Gasteiger partial charge in [0.1, 0.15) is 0 Å². The number of aromatic nitrogens is 1. The topological polar surface area (TPSA) is 61.4 Å². The number of carbonyl (C=O) groups is 1. The van der Waals surface area contributed by atoms with Crippen molar-refractivity contribution in [3.63, 3.8) is 0 Å². The standard InChI is InChI=1S/C9H8BrNO3S/c1-4-2-5(10)7(12)8-11(4)6(3-15-8)9(13)14/h2,6H,3H2,1H3,(H-,12,13,14)/p+1. The highest BCUT2D eigenvalue weighted by molar-refractivity contribution is 9.10. The van der Waals surface area contributed by atoms with Crippen LogP contribution < -0.4 is 4.57 Å². The monoisotopic (exact) mass is 290 g/mol. The van der Waals surface area contributed by atoms with E-state index in [0.717, 1.165) is 5.69 Å². The van der Waals surface area contributed by atoms with E-state index in [-0.39, 0.29) is 5.75 Å². The molecule has 80 valence electrons. The largest absolute Gasteiger partial charge is 0.501 e. The molecule has 0 amide bonds. The maximum Gasteiger partial charge on any atom is 0.374 e. The SMILES string of the molecule is Cc1cc(Br)c(O)c2[n+]1C(C(=O)O)CS2. The van der Waals surface area contributed by atoms with Gasteiger partial charge >= 0.3 is 5.97 Å². The molecule has 0 aromatic carbocycles. The fourth-order valence-corrected chi connectivity index (χ4v) is 3.55. The Bertz CT molecular complexity index is 449. The van der Waals surface area contributed by atoms with E-state index in [9.17, 15) is 9.90 Å². The summed E-state index contributed by atoms with van der Waals surface area (Å²) in [6, 6.07) is 1.14. The van der Waals surface area contributed by atoms with Gasteiger partial charge in [0.15, 0.2) is 5.69 Å². The number of halogens is 1. The molecule has 15 heavy (non-hydrogen) atoms. The van der Waals surface area contributed by atoms with E-state index in [1.807, 2.05) is 6.92 Å². The van der Waals surface area contributed by atoms with E-state index in [0.29, 0.717) is 15.3 Å². The van der Waals surface area contributed by atoms with Crippen LogP contribution in [0.25, 0.3) is 0 Å². The Hall–Kier alpha value is -0.750. The molecule has 2 heterocycles. The van der Waals surface area contributed by atoms with E-state index in [1.54, 1.807) is 10.6 Å². The highest BCUT2D eigenvalue weighted by Crippen LogP contribution is 2.38. The molecule has 0 bridgehead atoms. The highest BCUT2D eigenvalue weighted by Gasteiger charge is 2.41. The molecule has 0 aliphatic carbocycles. The number of aryl methyl sites for hydroxylation is 1. The molecule has 0 saturated heterocycles. The molecule has 0 saturated carbocycles. The summed E-state index contributed by atoms with van der Waals surface area (Å²) in [5.41, 5.74) is 0.826. The van der Waals surface area contributed by atoms with Gasteiger partial charge in [-0.3, -0.25) is 0 Å². The third kappa shape index (κ3) is 1.61. The maximum atomic E-state index is 11.0. The molecular weight excluding hydrogens is 282 g/mol. The van der Waals surface area contributed by atoms with Crippen molar-refractivity contribution in [3.05, 3.63) is 16.2 Å². The first-order chi connectivity index (χ1) is 7.02. The second-order valence-corrected chi connectivity index (χ2v) is 5.19. The maximum absolute atomic E-state index is 11.0. The molecule has 1 atom stereocenters. The second kappa shape index (κ2) is 3.68. The summed E-state index contributed by atoms with van der Waals surface area (Å²) in [5, 5.41) is 19.4. The van der Waals surface area contributed by atoms with Gasteiger partial charge in [0.25, 0.3) is 11.1 Å².